The molecule has 0 aliphatic heterocycles. The first-order valence-electron chi connectivity index (χ1n) is 4.24. The second kappa shape index (κ2) is 9.66. The van der Waals surface area contributed by atoms with Crippen LogP contribution in [-0.2, 0) is 9.09 Å². The third kappa shape index (κ3) is 15.8. The zero-order chi connectivity index (χ0) is 9.45. The van der Waals surface area contributed by atoms with Crippen LogP contribution >= 0.6 is 7.82 Å². The van der Waals surface area contributed by atoms with Gasteiger partial charge in [-0.05, 0) is 6.42 Å². The molecular weight excluding hydrogens is 202 g/mol. The summed E-state index contributed by atoms with van der Waals surface area (Å²) in [5.41, 5.74) is 0. The van der Waals surface area contributed by atoms with Gasteiger partial charge in [-0.1, -0.05) is 32.6 Å². The van der Waals surface area contributed by atoms with E-state index >= 15 is 0 Å². The Hall–Kier alpha value is 1.11. The molecule has 0 bridgehead atoms. The number of phosphoric acid groups is 1. The normalized spacial score (nSPS) is 14.7. The molecule has 0 spiro atoms. The zero-order valence-electron chi connectivity index (χ0n) is 8.36. The molecule has 1 unspecified atom stereocenters. The van der Waals surface area contributed by atoms with Crippen molar-refractivity contribution in [2.24, 2.45) is 0 Å². The van der Waals surface area contributed by atoms with E-state index in [1.165, 1.54) is 0 Å². The van der Waals surface area contributed by atoms with E-state index in [0.29, 0.717) is 6.42 Å². The summed E-state index contributed by atoms with van der Waals surface area (Å²) >= 11 is 0. The first kappa shape index (κ1) is 16.5. The van der Waals surface area contributed by atoms with Crippen molar-refractivity contribution in [2.45, 2.75) is 39.0 Å². The van der Waals surface area contributed by atoms with Crippen LogP contribution in [0, 0.1) is 0 Å². The molecule has 13 heavy (non-hydrogen) atoms. The fourth-order valence-corrected chi connectivity index (χ4v) is 1.25. The maximum absolute atomic E-state index is 10.1. The summed E-state index contributed by atoms with van der Waals surface area (Å²) in [6, 6.07) is 0. The van der Waals surface area contributed by atoms with Crippen molar-refractivity contribution in [3.63, 3.8) is 0 Å². The van der Waals surface area contributed by atoms with E-state index in [1.807, 2.05) is 0 Å². The first-order chi connectivity index (χ1) is 5.56. The van der Waals surface area contributed by atoms with Crippen molar-refractivity contribution in [1.29, 1.82) is 0 Å². The largest absolute Gasteiger partial charge is 1.00 e. The quantitative estimate of drug-likeness (QED) is 0.319. The van der Waals surface area contributed by atoms with Gasteiger partial charge in [-0.3, -0.25) is 4.57 Å². The summed E-state index contributed by atoms with van der Waals surface area (Å²) in [6.07, 6.45) is 5.05. The van der Waals surface area contributed by atoms with Gasteiger partial charge in [-0.25, -0.2) is 0 Å². The van der Waals surface area contributed by atoms with Crippen LogP contribution < -0.4 is 34.5 Å². The van der Waals surface area contributed by atoms with Crippen molar-refractivity contribution in [2.75, 3.05) is 6.61 Å². The summed E-state index contributed by atoms with van der Waals surface area (Å²) in [5, 5.41) is 0. The summed E-state index contributed by atoms with van der Waals surface area (Å²) in [5.74, 6) is 0. The van der Waals surface area contributed by atoms with Crippen LogP contribution in [0.3, 0.4) is 0 Å². The van der Waals surface area contributed by atoms with Gasteiger partial charge >= 0.3 is 29.6 Å². The molecule has 0 aromatic heterocycles. The number of hydrogen-bond acceptors (Lipinski definition) is 3. The topological polar surface area (TPSA) is 69.6 Å². The van der Waals surface area contributed by atoms with Crippen molar-refractivity contribution >= 4 is 7.82 Å². The molecule has 0 amide bonds. The molecule has 0 rings (SSSR count). The Morgan fingerprint density at radius 1 is 1.31 bits per heavy atom. The van der Waals surface area contributed by atoms with Crippen molar-refractivity contribution in [3.8, 4) is 0 Å². The van der Waals surface area contributed by atoms with Crippen LogP contribution in [0.25, 0.3) is 0 Å². The summed E-state index contributed by atoms with van der Waals surface area (Å²) in [6.45, 7) is 2.21. The van der Waals surface area contributed by atoms with E-state index in [2.05, 4.69) is 11.4 Å². The van der Waals surface area contributed by atoms with Crippen LogP contribution in [0.2, 0.25) is 0 Å². The molecule has 0 saturated heterocycles. The van der Waals surface area contributed by atoms with Gasteiger partial charge in [0.05, 0.1) is 6.61 Å². The second-order valence-electron chi connectivity index (χ2n) is 2.72. The Bertz CT molecular complexity index is 147. The van der Waals surface area contributed by atoms with Gasteiger partial charge in [0.25, 0.3) is 7.82 Å². The van der Waals surface area contributed by atoms with Gasteiger partial charge in [0.1, 0.15) is 0 Å². The standard InChI is InChI=1S/C7H17O4P.Na/c1-2-3-4-5-6-7-11-12(8,9)10;/h2-7H2,1H3,(H2,8,9,10);/q;+1/p-1. The van der Waals surface area contributed by atoms with Gasteiger partial charge in [-0.2, -0.15) is 0 Å². The molecule has 0 saturated carbocycles. The average Bonchev–Trinajstić information content (AvgIpc) is 1.94. The summed E-state index contributed by atoms with van der Waals surface area (Å²) in [4.78, 5) is 18.3. The minimum absolute atomic E-state index is 0. The predicted octanol–water partition coefficient (Wildman–Crippen LogP) is -1.56. The summed E-state index contributed by atoms with van der Waals surface area (Å²) < 4.78 is 14.2. The van der Waals surface area contributed by atoms with E-state index in [4.69, 9.17) is 4.89 Å². The third-order valence-corrected chi connectivity index (χ3v) is 2.01. The Morgan fingerprint density at radius 2 is 1.85 bits per heavy atom. The Balaban J connectivity index is 0. The molecule has 0 aromatic carbocycles. The number of rotatable bonds is 7. The molecule has 74 valence electrons. The van der Waals surface area contributed by atoms with Crippen molar-refractivity contribution in [1.82, 2.24) is 0 Å². The molecule has 1 atom stereocenters. The van der Waals surface area contributed by atoms with E-state index in [9.17, 15) is 9.46 Å². The Kier molecular flexibility index (Phi) is 12.3. The monoisotopic (exact) mass is 218 g/mol. The number of unbranched alkanes of at least 4 members (excludes halogenated alkanes) is 4. The van der Waals surface area contributed by atoms with Crippen LogP contribution in [-0.4, -0.2) is 11.5 Å². The molecule has 0 aliphatic rings. The molecule has 0 fully saturated rings. The van der Waals surface area contributed by atoms with E-state index in [1.54, 1.807) is 0 Å². The minimum atomic E-state index is -4.47. The first-order valence-corrected chi connectivity index (χ1v) is 5.74. The molecule has 0 radical (unpaired) electrons. The molecule has 0 aliphatic carbocycles. The minimum Gasteiger partial charge on any atom is -0.756 e. The van der Waals surface area contributed by atoms with Gasteiger partial charge in [0.15, 0.2) is 0 Å². The SMILES string of the molecule is CCCCCCCOP(=O)([O-])O.[Na+]. The summed E-state index contributed by atoms with van der Waals surface area (Å²) in [7, 11) is -4.47. The maximum atomic E-state index is 10.1. The fraction of sp³-hybridized carbons (Fsp3) is 1.00. The average molecular weight is 218 g/mol. The molecule has 0 heterocycles. The van der Waals surface area contributed by atoms with Crippen LogP contribution in [0.4, 0.5) is 0 Å². The maximum Gasteiger partial charge on any atom is 1.00 e. The number of hydrogen-bond donors (Lipinski definition) is 1. The van der Waals surface area contributed by atoms with Crippen molar-refractivity contribution in [3.05, 3.63) is 0 Å². The van der Waals surface area contributed by atoms with Crippen molar-refractivity contribution < 1.29 is 48.4 Å². The van der Waals surface area contributed by atoms with Gasteiger partial charge < -0.3 is 14.3 Å². The van der Waals surface area contributed by atoms with Gasteiger partial charge in [0, 0.05) is 0 Å². The van der Waals surface area contributed by atoms with Gasteiger partial charge in [-0.15, -0.1) is 0 Å². The van der Waals surface area contributed by atoms with Gasteiger partial charge in [0.2, 0.25) is 0 Å². The fourth-order valence-electron chi connectivity index (χ4n) is 0.886. The number of phosphoric ester groups is 1. The molecule has 1 N–H and O–H groups in total. The Morgan fingerprint density at radius 3 is 2.31 bits per heavy atom. The van der Waals surface area contributed by atoms with E-state index in [-0.39, 0.29) is 36.2 Å². The zero-order valence-corrected chi connectivity index (χ0v) is 11.3. The second-order valence-corrected chi connectivity index (χ2v) is 3.91. The molecular formula is C7H16NaO4P. The third-order valence-electron chi connectivity index (χ3n) is 1.50. The van der Waals surface area contributed by atoms with E-state index < -0.39 is 7.82 Å². The smallest absolute Gasteiger partial charge is 0.756 e. The Labute approximate surface area is 102 Å². The van der Waals surface area contributed by atoms with E-state index in [0.717, 1.165) is 25.7 Å². The molecule has 6 heteroatoms. The predicted molar refractivity (Wildman–Crippen MR) is 44.5 cm³/mol. The molecule has 4 nitrogen and oxygen atoms in total. The molecule has 0 aromatic rings. The van der Waals surface area contributed by atoms with Crippen LogP contribution in [0.5, 0.6) is 0 Å². The van der Waals surface area contributed by atoms with Crippen LogP contribution in [0.15, 0.2) is 0 Å². The van der Waals surface area contributed by atoms with Crippen LogP contribution in [0.1, 0.15) is 39.0 Å².